The summed E-state index contributed by atoms with van der Waals surface area (Å²) in [6, 6.07) is 0. The lowest BCUT2D eigenvalue weighted by Gasteiger charge is -2.11. The minimum atomic E-state index is -0.514. The van der Waals surface area contributed by atoms with E-state index in [1.165, 1.54) is 32.1 Å². The van der Waals surface area contributed by atoms with Gasteiger partial charge in [0, 0.05) is 0 Å². The van der Waals surface area contributed by atoms with Crippen molar-refractivity contribution in [3.05, 3.63) is 12.2 Å². The zero-order chi connectivity index (χ0) is 13.2. The van der Waals surface area contributed by atoms with Crippen LogP contribution in [-0.2, 0) is 9.47 Å². The maximum atomic E-state index is 11.2. The predicted octanol–water partition coefficient (Wildman–Crippen LogP) is 4.61. The van der Waals surface area contributed by atoms with Gasteiger partial charge in [-0.1, -0.05) is 45.6 Å². The second kappa shape index (κ2) is 9.01. The van der Waals surface area contributed by atoms with Gasteiger partial charge in [0.15, 0.2) is 6.10 Å². The minimum Gasteiger partial charge on any atom is -0.427 e. The number of allylic oxidation sites excluding steroid dienone is 1. The van der Waals surface area contributed by atoms with Crippen molar-refractivity contribution in [2.24, 2.45) is 0 Å². The quantitative estimate of drug-likeness (QED) is 0.342. The lowest BCUT2D eigenvalue weighted by molar-refractivity contribution is 0.115. The molecule has 0 unspecified atom stereocenters. The first-order valence-corrected chi connectivity index (χ1v) is 7.31. The average molecular weight is 254 g/mol. The van der Waals surface area contributed by atoms with Crippen LogP contribution in [0.4, 0.5) is 4.79 Å². The molecular weight excluding hydrogens is 228 g/mol. The Labute approximate surface area is 111 Å². The largest absolute Gasteiger partial charge is 0.509 e. The summed E-state index contributed by atoms with van der Waals surface area (Å²) < 4.78 is 10.3. The zero-order valence-corrected chi connectivity index (χ0v) is 11.7. The normalized spacial score (nSPS) is 23.3. The van der Waals surface area contributed by atoms with Crippen LogP contribution in [0.1, 0.15) is 65.2 Å². The van der Waals surface area contributed by atoms with Gasteiger partial charge in [-0.3, -0.25) is 0 Å². The number of hydrogen-bond donors (Lipinski definition) is 0. The fraction of sp³-hybridized carbons (Fsp3) is 0.800. The minimum absolute atomic E-state index is 0.0773. The molecule has 1 saturated heterocycles. The summed E-state index contributed by atoms with van der Waals surface area (Å²) >= 11 is 0. The van der Waals surface area contributed by atoms with E-state index >= 15 is 0 Å². The molecule has 3 heteroatoms. The summed E-state index contributed by atoms with van der Waals surface area (Å²) in [6.07, 6.45) is 12.5. The number of carbonyl (C=O) groups is 1. The van der Waals surface area contributed by atoms with Crippen molar-refractivity contribution in [1.82, 2.24) is 0 Å². The maximum Gasteiger partial charge on any atom is 0.509 e. The highest BCUT2D eigenvalue weighted by molar-refractivity contribution is 5.63. The predicted molar refractivity (Wildman–Crippen MR) is 72.6 cm³/mol. The third-order valence-electron chi connectivity index (χ3n) is 3.24. The van der Waals surface area contributed by atoms with Crippen molar-refractivity contribution < 1.29 is 14.3 Å². The Morgan fingerprint density at radius 3 is 2.50 bits per heavy atom. The highest BCUT2D eigenvalue weighted by atomic mass is 16.8. The standard InChI is InChI=1S/C15H26O3/c1-3-5-7-8-10-12-14-13(11-9-6-4-2)17-15(16)18-14/h10,12-14H,3-9,11H2,1-2H3/b12-10-/t13-,14-/m1/s1. The second-order valence-electron chi connectivity index (χ2n) is 4.91. The van der Waals surface area contributed by atoms with E-state index in [1.807, 2.05) is 6.08 Å². The lowest BCUT2D eigenvalue weighted by atomic mass is 10.1. The van der Waals surface area contributed by atoms with Gasteiger partial charge in [0.05, 0.1) is 0 Å². The molecule has 1 aliphatic heterocycles. The van der Waals surface area contributed by atoms with Crippen LogP contribution >= 0.6 is 0 Å². The Morgan fingerprint density at radius 2 is 1.78 bits per heavy atom. The molecule has 0 aromatic heterocycles. The van der Waals surface area contributed by atoms with Crippen molar-refractivity contribution in [1.29, 1.82) is 0 Å². The topological polar surface area (TPSA) is 35.5 Å². The van der Waals surface area contributed by atoms with E-state index in [9.17, 15) is 4.79 Å². The number of ether oxygens (including phenoxy) is 2. The fourth-order valence-corrected chi connectivity index (χ4v) is 2.13. The highest BCUT2D eigenvalue weighted by Gasteiger charge is 2.33. The van der Waals surface area contributed by atoms with Crippen LogP contribution in [0, 0.1) is 0 Å². The summed E-state index contributed by atoms with van der Waals surface area (Å²) in [5.74, 6) is 0. The molecule has 0 spiro atoms. The zero-order valence-electron chi connectivity index (χ0n) is 11.7. The number of unbranched alkanes of at least 4 members (excludes halogenated alkanes) is 5. The number of cyclic esters (lactones) is 2. The van der Waals surface area contributed by atoms with E-state index in [2.05, 4.69) is 19.9 Å². The van der Waals surface area contributed by atoms with E-state index < -0.39 is 6.16 Å². The molecule has 0 saturated carbocycles. The molecule has 0 N–H and O–H groups in total. The van der Waals surface area contributed by atoms with E-state index in [0.29, 0.717) is 0 Å². The molecule has 0 aromatic carbocycles. The molecule has 0 aliphatic carbocycles. The van der Waals surface area contributed by atoms with Crippen molar-refractivity contribution in [2.75, 3.05) is 0 Å². The molecule has 0 bridgehead atoms. The second-order valence-corrected chi connectivity index (χ2v) is 4.91. The van der Waals surface area contributed by atoms with E-state index in [-0.39, 0.29) is 12.2 Å². The van der Waals surface area contributed by atoms with Gasteiger partial charge in [0.2, 0.25) is 0 Å². The molecule has 1 fully saturated rings. The number of carbonyl (C=O) groups excluding carboxylic acids is 1. The van der Waals surface area contributed by atoms with Gasteiger partial charge in [-0.05, 0) is 31.8 Å². The molecule has 3 nitrogen and oxygen atoms in total. The summed E-state index contributed by atoms with van der Waals surface area (Å²) in [5.41, 5.74) is 0. The molecule has 0 amide bonds. The Balaban J connectivity index is 2.29. The van der Waals surface area contributed by atoms with Crippen molar-refractivity contribution >= 4 is 6.16 Å². The van der Waals surface area contributed by atoms with E-state index in [0.717, 1.165) is 19.3 Å². The molecule has 1 heterocycles. The van der Waals surface area contributed by atoms with Crippen LogP contribution in [0.25, 0.3) is 0 Å². The van der Waals surface area contributed by atoms with Crippen molar-refractivity contribution in [3.63, 3.8) is 0 Å². The van der Waals surface area contributed by atoms with Gasteiger partial charge in [0.25, 0.3) is 0 Å². The average Bonchev–Trinajstić information content (AvgIpc) is 2.70. The van der Waals surface area contributed by atoms with E-state index in [4.69, 9.17) is 9.47 Å². The summed E-state index contributed by atoms with van der Waals surface area (Å²) in [5, 5.41) is 0. The Bertz CT molecular complexity index is 260. The molecule has 0 radical (unpaired) electrons. The third-order valence-corrected chi connectivity index (χ3v) is 3.24. The Kier molecular flexibility index (Phi) is 7.54. The first-order valence-electron chi connectivity index (χ1n) is 7.31. The smallest absolute Gasteiger partial charge is 0.427 e. The highest BCUT2D eigenvalue weighted by Crippen LogP contribution is 2.22. The SMILES string of the molecule is CCCCC/C=C\[C@H]1OC(=O)O[C@@H]1CCCCC. The first-order chi connectivity index (χ1) is 8.77. The summed E-state index contributed by atoms with van der Waals surface area (Å²) in [6.45, 7) is 4.36. The van der Waals surface area contributed by atoms with Gasteiger partial charge in [0.1, 0.15) is 6.10 Å². The fourth-order valence-electron chi connectivity index (χ4n) is 2.13. The van der Waals surface area contributed by atoms with Crippen LogP contribution in [-0.4, -0.2) is 18.4 Å². The third kappa shape index (κ3) is 5.56. The Morgan fingerprint density at radius 1 is 1.06 bits per heavy atom. The van der Waals surface area contributed by atoms with Crippen LogP contribution in [0.3, 0.4) is 0 Å². The lowest BCUT2D eigenvalue weighted by Crippen LogP contribution is -2.20. The molecule has 104 valence electrons. The summed E-state index contributed by atoms with van der Waals surface area (Å²) in [4.78, 5) is 11.2. The Hall–Kier alpha value is -0.990. The molecule has 1 aliphatic rings. The number of rotatable bonds is 9. The van der Waals surface area contributed by atoms with Crippen molar-refractivity contribution in [2.45, 2.75) is 77.4 Å². The van der Waals surface area contributed by atoms with E-state index in [1.54, 1.807) is 0 Å². The van der Waals surface area contributed by atoms with Gasteiger partial charge in [-0.25, -0.2) is 4.79 Å². The van der Waals surface area contributed by atoms with Crippen LogP contribution in [0.5, 0.6) is 0 Å². The van der Waals surface area contributed by atoms with Gasteiger partial charge >= 0.3 is 6.16 Å². The molecule has 18 heavy (non-hydrogen) atoms. The molecular formula is C15H26O3. The first kappa shape index (κ1) is 15.1. The van der Waals surface area contributed by atoms with Crippen molar-refractivity contribution in [3.8, 4) is 0 Å². The summed E-state index contributed by atoms with van der Waals surface area (Å²) in [7, 11) is 0. The number of hydrogen-bond acceptors (Lipinski definition) is 3. The van der Waals surface area contributed by atoms with Gasteiger partial charge < -0.3 is 9.47 Å². The molecule has 1 rings (SSSR count). The molecule has 2 atom stereocenters. The maximum absolute atomic E-state index is 11.2. The monoisotopic (exact) mass is 254 g/mol. The van der Waals surface area contributed by atoms with Gasteiger partial charge in [-0.2, -0.15) is 0 Å². The van der Waals surface area contributed by atoms with Crippen LogP contribution in [0.15, 0.2) is 12.2 Å². The van der Waals surface area contributed by atoms with Gasteiger partial charge in [-0.15, -0.1) is 0 Å². The van der Waals surface area contributed by atoms with Crippen LogP contribution < -0.4 is 0 Å². The molecule has 0 aromatic rings. The van der Waals surface area contributed by atoms with Crippen LogP contribution in [0.2, 0.25) is 0 Å².